The topological polar surface area (TPSA) is 40.6 Å². The maximum absolute atomic E-state index is 14.1. The molecule has 3 aliphatic rings. The lowest BCUT2D eigenvalue weighted by Gasteiger charge is -2.27. The Morgan fingerprint density at radius 3 is 1.90 bits per heavy atom. The summed E-state index contributed by atoms with van der Waals surface area (Å²) in [5.41, 5.74) is 3.95. The Balaban J connectivity index is 1.47. The second-order valence-electron chi connectivity index (χ2n) is 12.3. The molecule has 2 amide bonds. The quantitative estimate of drug-likeness (QED) is 0.179. The number of hydrogen-bond donors (Lipinski definition) is 0. The molecule has 4 heterocycles. The molecule has 0 saturated carbocycles. The van der Waals surface area contributed by atoms with Crippen LogP contribution in [0.25, 0.3) is 5.57 Å². The summed E-state index contributed by atoms with van der Waals surface area (Å²) in [4.78, 5) is 37.0. The minimum Gasteiger partial charge on any atom is -0.315 e. The van der Waals surface area contributed by atoms with Crippen molar-refractivity contribution in [3.63, 3.8) is 0 Å². The largest absolute Gasteiger partial charge is 0.315 e. The second-order valence-corrected chi connectivity index (χ2v) is 14.9. The summed E-state index contributed by atoms with van der Waals surface area (Å²) in [6.45, 7) is 10.2. The summed E-state index contributed by atoms with van der Waals surface area (Å²) < 4.78 is 0. The molecule has 2 atom stereocenters. The molecule has 0 aromatic carbocycles. The highest BCUT2D eigenvalue weighted by atomic mass is 32.1. The molecule has 0 N–H and O–H groups in total. The van der Waals surface area contributed by atoms with Gasteiger partial charge in [0.1, 0.15) is 0 Å². The smallest absolute Gasteiger partial charge is 0.260 e. The molecule has 5 rings (SSSR count). The second kappa shape index (κ2) is 14.4. The summed E-state index contributed by atoms with van der Waals surface area (Å²) >= 11 is 3.43. The minimum atomic E-state index is -0.205. The monoisotopic (exact) mass is 604 g/mol. The molecule has 0 spiro atoms. The number of likely N-dealkylation sites (tertiary alicyclic amines) is 1. The number of hydrogen-bond acceptors (Lipinski definition) is 4. The van der Waals surface area contributed by atoms with Gasteiger partial charge in [-0.25, -0.2) is 0 Å². The van der Waals surface area contributed by atoms with E-state index in [-0.39, 0.29) is 23.7 Å². The first-order valence-electron chi connectivity index (χ1n) is 16.4. The van der Waals surface area contributed by atoms with E-state index in [4.69, 9.17) is 0 Å². The molecule has 2 aliphatic heterocycles. The SMILES string of the molecule is CCCCCCCCN1C(=O)C(c2ccc(C)s2)=C2C=C3C(C=C21)C(c1ccc(C)s1)C(=O)N3CCCCCCCC. The molecule has 4 nitrogen and oxygen atoms in total. The van der Waals surface area contributed by atoms with Crippen molar-refractivity contribution < 1.29 is 9.59 Å². The molecular formula is C36H48N2O2S2. The zero-order chi connectivity index (χ0) is 29.6. The molecule has 2 aromatic rings. The molecule has 1 saturated heterocycles. The first-order valence-corrected chi connectivity index (χ1v) is 18.0. The molecule has 6 heteroatoms. The predicted molar refractivity (Wildman–Crippen MR) is 178 cm³/mol. The lowest BCUT2D eigenvalue weighted by molar-refractivity contribution is -0.128. The van der Waals surface area contributed by atoms with Gasteiger partial charge in [0, 0.05) is 55.5 Å². The van der Waals surface area contributed by atoms with E-state index in [0.717, 1.165) is 71.1 Å². The van der Waals surface area contributed by atoms with E-state index in [0.29, 0.717) is 0 Å². The summed E-state index contributed by atoms with van der Waals surface area (Å²) in [5.74, 6) is 0.115. The fraction of sp³-hybridized carbons (Fsp3) is 0.556. The van der Waals surface area contributed by atoms with E-state index < -0.39 is 0 Å². The highest BCUT2D eigenvalue weighted by Gasteiger charge is 2.49. The van der Waals surface area contributed by atoms with Crippen molar-refractivity contribution in [1.29, 1.82) is 0 Å². The van der Waals surface area contributed by atoms with Crippen molar-refractivity contribution in [1.82, 2.24) is 9.80 Å². The minimum absolute atomic E-state index is 0.0290. The number of unbranched alkanes of at least 4 members (excludes halogenated alkanes) is 10. The van der Waals surface area contributed by atoms with Crippen LogP contribution in [0.4, 0.5) is 0 Å². The number of thiophene rings is 2. The van der Waals surface area contributed by atoms with Crippen molar-refractivity contribution in [3.05, 3.63) is 72.9 Å². The van der Waals surface area contributed by atoms with Crippen molar-refractivity contribution >= 4 is 40.1 Å². The summed E-state index contributed by atoms with van der Waals surface area (Å²) in [6.07, 6.45) is 18.9. The van der Waals surface area contributed by atoms with Gasteiger partial charge in [-0.3, -0.25) is 9.59 Å². The Bertz CT molecular complexity index is 1360. The van der Waals surface area contributed by atoms with Crippen molar-refractivity contribution in [2.24, 2.45) is 5.92 Å². The third kappa shape index (κ3) is 6.55. The van der Waals surface area contributed by atoms with Crippen LogP contribution in [0.15, 0.2) is 53.4 Å². The average Bonchev–Trinajstić information content (AvgIpc) is 3.72. The Hall–Kier alpha value is -2.44. The van der Waals surface area contributed by atoms with Gasteiger partial charge in [-0.05, 0) is 63.1 Å². The van der Waals surface area contributed by atoms with E-state index in [1.54, 1.807) is 22.7 Å². The zero-order valence-corrected chi connectivity index (χ0v) is 27.7. The maximum atomic E-state index is 14.1. The fourth-order valence-corrected chi connectivity index (χ4v) is 8.66. The Morgan fingerprint density at radius 2 is 1.31 bits per heavy atom. The van der Waals surface area contributed by atoms with Gasteiger partial charge >= 0.3 is 0 Å². The number of fused-ring (bicyclic) bond motifs is 2. The first kappa shape index (κ1) is 31.0. The Labute approximate surface area is 261 Å². The lowest BCUT2D eigenvalue weighted by Crippen LogP contribution is -2.28. The van der Waals surface area contributed by atoms with Crippen LogP contribution in [-0.2, 0) is 9.59 Å². The van der Waals surface area contributed by atoms with Crippen LogP contribution >= 0.6 is 22.7 Å². The lowest BCUT2D eigenvalue weighted by atomic mass is 9.85. The Morgan fingerprint density at radius 1 is 0.714 bits per heavy atom. The molecule has 42 heavy (non-hydrogen) atoms. The number of carbonyl (C=O) groups excluding carboxylic acids is 2. The van der Waals surface area contributed by atoms with E-state index >= 15 is 0 Å². The van der Waals surface area contributed by atoms with Gasteiger partial charge in [0.15, 0.2) is 0 Å². The summed E-state index contributed by atoms with van der Waals surface area (Å²) in [5, 5.41) is 0. The van der Waals surface area contributed by atoms with Crippen molar-refractivity contribution in [3.8, 4) is 0 Å². The first-order chi connectivity index (χ1) is 20.4. The van der Waals surface area contributed by atoms with E-state index in [9.17, 15) is 9.59 Å². The zero-order valence-electron chi connectivity index (χ0n) is 26.0. The molecule has 1 aliphatic carbocycles. The highest BCUT2D eigenvalue weighted by Crippen LogP contribution is 2.51. The molecule has 226 valence electrons. The number of allylic oxidation sites excluding steroid dienone is 2. The molecule has 0 radical (unpaired) electrons. The van der Waals surface area contributed by atoms with E-state index in [1.807, 2.05) is 4.90 Å². The van der Waals surface area contributed by atoms with Crippen LogP contribution < -0.4 is 0 Å². The van der Waals surface area contributed by atoms with Crippen LogP contribution in [0.2, 0.25) is 0 Å². The van der Waals surface area contributed by atoms with Crippen LogP contribution in [0.5, 0.6) is 0 Å². The van der Waals surface area contributed by atoms with Crippen LogP contribution in [0.3, 0.4) is 0 Å². The molecule has 2 unspecified atom stereocenters. The summed E-state index contributed by atoms with van der Waals surface area (Å²) in [7, 11) is 0. The number of aryl methyl sites for hydroxylation is 2. The third-order valence-electron chi connectivity index (χ3n) is 8.99. The maximum Gasteiger partial charge on any atom is 0.260 e. The third-order valence-corrected chi connectivity index (χ3v) is 11.1. The number of carbonyl (C=O) groups is 2. The van der Waals surface area contributed by atoms with Gasteiger partial charge < -0.3 is 9.80 Å². The number of rotatable bonds is 16. The normalized spacial score (nSPS) is 20.0. The van der Waals surface area contributed by atoms with Crippen LogP contribution in [-0.4, -0.2) is 34.7 Å². The van der Waals surface area contributed by atoms with Crippen molar-refractivity contribution in [2.45, 2.75) is 111 Å². The van der Waals surface area contributed by atoms with E-state index in [2.05, 4.69) is 69.0 Å². The number of nitrogens with zero attached hydrogens (tertiary/aromatic N) is 2. The predicted octanol–water partition coefficient (Wildman–Crippen LogP) is 9.77. The van der Waals surface area contributed by atoms with E-state index in [1.165, 1.54) is 61.1 Å². The van der Waals surface area contributed by atoms with Crippen LogP contribution in [0.1, 0.15) is 116 Å². The molecule has 1 fully saturated rings. The average molecular weight is 605 g/mol. The van der Waals surface area contributed by atoms with Crippen molar-refractivity contribution in [2.75, 3.05) is 13.1 Å². The van der Waals surface area contributed by atoms with Gasteiger partial charge in [-0.15, -0.1) is 22.7 Å². The molecule has 2 aromatic heterocycles. The van der Waals surface area contributed by atoms with Gasteiger partial charge in [0.2, 0.25) is 5.91 Å². The van der Waals surface area contributed by atoms with Gasteiger partial charge in [-0.2, -0.15) is 0 Å². The number of amides is 2. The van der Waals surface area contributed by atoms with Gasteiger partial charge in [0.05, 0.1) is 11.5 Å². The van der Waals surface area contributed by atoms with Gasteiger partial charge in [0.25, 0.3) is 5.91 Å². The molecule has 0 bridgehead atoms. The summed E-state index contributed by atoms with van der Waals surface area (Å²) in [6, 6.07) is 8.49. The highest BCUT2D eigenvalue weighted by molar-refractivity contribution is 7.13. The molecular weight excluding hydrogens is 557 g/mol. The Kier molecular flexibility index (Phi) is 10.6. The fourth-order valence-electron chi connectivity index (χ4n) is 6.72. The van der Waals surface area contributed by atoms with Gasteiger partial charge in [-0.1, -0.05) is 78.1 Å². The standard InChI is InChI=1S/C36H48N2O2S2/c1-5-7-9-11-13-15-21-37-29-23-28-30(24-27(29)33(35(37)39)31-19-17-25(3)41-31)38(22-16-14-12-10-8-6-2)36(40)34(28)32-20-18-26(4)42-32/h17-20,23-24,27,33H,5-16,21-22H2,1-4H3. The van der Waals surface area contributed by atoms with Crippen LogP contribution in [0, 0.1) is 19.8 Å².